The first-order valence-electron chi connectivity index (χ1n) is 5.48. The van der Waals surface area contributed by atoms with Crippen LogP contribution in [0, 0.1) is 5.82 Å². The summed E-state index contributed by atoms with van der Waals surface area (Å²) in [6.07, 6.45) is 2.78. The van der Waals surface area contributed by atoms with E-state index in [9.17, 15) is 9.18 Å². The van der Waals surface area contributed by atoms with E-state index in [0.717, 1.165) is 0 Å². The van der Waals surface area contributed by atoms with Crippen LogP contribution in [0.4, 0.5) is 4.39 Å². The zero-order valence-corrected chi connectivity index (χ0v) is 9.62. The molecular weight excluding hydrogens is 249 g/mol. The first-order valence-corrected chi connectivity index (χ1v) is 5.48. The maximum absolute atomic E-state index is 13.8. The number of pyridine rings is 1. The number of hydrogen-bond donors (Lipinski definition) is 1. The number of carboxylic acids is 1. The SMILES string of the molecule is O=C(O)c1ccnc(-n2cnc3cccc(F)c32)c1. The summed E-state index contributed by atoms with van der Waals surface area (Å²) in [7, 11) is 0. The van der Waals surface area contributed by atoms with Gasteiger partial charge in [0, 0.05) is 6.20 Å². The fourth-order valence-corrected chi connectivity index (χ4v) is 1.88. The normalized spacial score (nSPS) is 10.8. The van der Waals surface area contributed by atoms with Gasteiger partial charge in [0.2, 0.25) is 0 Å². The predicted molar refractivity (Wildman–Crippen MR) is 65.8 cm³/mol. The summed E-state index contributed by atoms with van der Waals surface area (Å²) in [5.74, 6) is -1.18. The average Bonchev–Trinajstić information content (AvgIpc) is 2.84. The van der Waals surface area contributed by atoms with Crippen LogP contribution in [0.25, 0.3) is 16.9 Å². The second kappa shape index (κ2) is 4.16. The lowest BCUT2D eigenvalue weighted by Crippen LogP contribution is -2.02. The van der Waals surface area contributed by atoms with Crippen molar-refractivity contribution in [1.82, 2.24) is 14.5 Å². The highest BCUT2D eigenvalue weighted by Gasteiger charge is 2.11. The van der Waals surface area contributed by atoms with Crippen LogP contribution in [0.3, 0.4) is 0 Å². The monoisotopic (exact) mass is 257 g/mol. The van der Waals surface area contributed by atoms with Gasteiger partial charge >= 0.3 is 5.97 Å². The van der Waals surface area contributed by atoms with Crippen molar-refractivity contribution < 1.29 is 14.3 Å². The summed E-state index contributed by atoms with van der Waals surface area (Å²) >= 11 is 0. The molecule has 0 atom stereocenters. The molecule has 0 saturated carbocycles. The van der Waals surface area contributed by atoms with Gasteiger partial charge < -0.3 is 5.11 Å². The van der Waals surface area contributed by atoms with E-state index in [0.29, 0.717) is 11.3 Å². The largest absolute Gasteiger partial charge is 0.478 e. The van der Waals surface area contributed by atoms with Crippen LogP contribution in [-0.2, 0) is 0 Å². The number of halogens is 1. The van der Waals surface area contributed by atoms with E-state index in [-0.39, 0.29) is 11.1 Å². The van der Waals surface area contributed by atoms with Gasteiger partial charge in [-0.3, -0.25) is 4.57 Å². The molecule has 0 amide bonds. The van der Waals surface area contributed by atoms with Crippen molar-refractivity contribution in [3.8, 4) is 5.82 Å². The molecule has 6 heteroatoms. The number of carboxylic acid groups (broad SMARTS) is 1. The van der Waals surface area contributed by atoms with Crippen molar-refractivity contribution in [2.24, 2.45) is 0 Å². The molecule has 0 saturated heterocycles. The van der Waals surface area contributed by atoms with Crippen molar-refractivity contribution in [1.29, 1.82) is 0 Å². The smallest absolute Gasteiger partial charge is 0.335 e. The molecule has 1 aromatic carbocycles. The Bertz CT molecular complexity index is 782. The van der Waals surface area contributed by atoms with Crippen molar-refractivity contribution in [2.45, 2.75) is 0 Å². The van der Waals surface area contributed by atoms with E-state index in [1.807, 2.05) is 0 Å². The first kappa shape index (κ1) is 11.3. The highest BCUT2D eigenvalue weighted by atomic mass is 19.1. The highest BCUT2D eigenvalue weighted by Crippen LogP contribution is 2.20. The fraction of sp³-hybridized carbons (Fsp3) is 0. The Hall–Kier alpha value is -2.76. The third-order valence-corrected chi connectivity index (χ3v) is 2.76. The molecule has 0 aliphatic carbocycles. The van der Waals surface area contributed by atoms with Gasteiger partial charge in [-0.15, -0.1) is 0 Å². The topological polar surface area (TPSA) is 68.0 Å². The summed E-state index contributed by atoms with van der Waals surface area (Å²) < 4.78 is 15.2. The Morgan fingerprint density at radius 1 is 1.26 bits per heavy atom. The Kier molecular flexibility index (Phi) is 2.49. The van der Waals surface area contributed by atoms with Crippen molar-refractivity contribution in [3.63, 3.8) is 0 Å². The molecule has 5 nitrogen and oxygen atoms in total. The first-order chi connectivity index (χ1) is 9.16. The summed E-state index contributed by atoms with van der Waals surface area (Å²) in [4.78, 5) is 19.0. The molecule has 0 unspecified atom stereocenters. The summed E-state index contributed by atoms with van der Waals surface area (Å²) in [5.41, 5.74) is 0.850. The molecule has 1 N–H and O–H groups in total. The van der Waals surface area contributed by atoms with Gasteiger partial charge in [0.1, 0.15) is 23.5 Å². The number of imidazole rings is 1. The zero-order valence-electron chi connectivity index (χ0n) is 9.62. The number of fused-ring (bicyclic) bond motifs is 1. The van der Waals surface area contributed by atoms with Crippen LogP contribution in [0.1, 0.15) is 10.4 Å². The molecule has 0 spiro atoms. The van der Waals surface area contributed by atoms with Gasteiger partial charge in [-0.1, -0.05) is 6.07 Å². The molecule has 0 fully saturated rings. The van der Waals surface area contributed by atoms with Crippen LogP contribution in [0.2, 0.25) is 0 Å². The van der Waals surface area contributed by atoms with Crippen LogP contribution in [0.5, 0.6) is 0 Å². The van der Waals surface area contributed by atoms with Gasteiger partial charge in [0.25, 0.3) is 0 Å². The van der Waals surface area contributed by atoms with Crippen molar-refractivity contribution >= 4 is 17.0 Å². The molecule has 94 valence electrons. The summed E-state index contributed by atoms with van der Waals surface area (Å²) in [6, 6.07) is 7.31. The lowest BCUT2D eigenvalue weighted by molar-refractivity contribution is 0.0696. The van der Waals surface area contributed by atoms with E-state index in [2.05, 4.69) is 9.97 Å². The third-order valence-electron chi connectivity index (χ3n) is 2.76. The minimum absolute atomic E-state index is 0.0863. The van der Waals surface area contributed by atoms with E-state index < -0.39 is 11.8 Å². The highest BCUT2D eigenvalue weighted by molar-refractivity contribution is 5.88. The molecule has 2 heterocycles. The van der Waals surface area contributed by atoms with E-state index in [4.69, 9.17) is 5.11 Å². The van der Waals surface area contributed by atoms with E-state index in [1.54, 1.807) is 12.1 Å². The Balaban J connectivity index is 2.25. The number of rotatable bonds is 2. The van der Waals surface area contributed by atoms with Crippen LogP contribution in [-0.4, -0.2) is 25.6 Å². The minimum Gasteiger partial charge on any atom is -0.478 e. The zero-order chi connectivity index (χ0) is 13.4. The standard InChI is InChI=1S/C13H8FN3O2/c14-9-2-1-3-10-12(9)17(7-16-10)11-6-8(13(18)19)4-5-15-11/h1-7H,(H,18,19). The maximum atomic E-state index is 13.8. The molecule has 0 aliphatic rings. The number of carbonyl (C=O) groups is 1. The van der Waals surface area contributed by atoms with E-state index in [1.165, 1.54) is 35.3 Å². The van der Waals surface area contributed by atoms with Crippen LogP contribution < -0.4 is 0 Å². The van der Waals surface area contributed by atoms with Crippen molar-refractivity contribution in [2.75, 3.05) is 0 Å². The molecule has 2 aromatic heterocycles. The predicted octanol–water partition coefficient (Wildman–Crippen LogP) is 2.26. The molecule has 0 radical (unpaired) electrons. The fourth-order valence-electron chi connectivity index (χ4n) is 1.88. The lowest BCUT2D eigenvalue weighted by Gasteiger charge is -2.04. The average molecular weight is 257 g/mol. The maximum Gasteiger partial charge on any atom is 0.335 e. The van der Waals surface area contributed by atoms with Crippen molar-refractivity contribution in [3.05, 3.63) is 54.2 Å². The molecule has 3 aromatic rings. The Morgan fingerprint density at radius 2 is 2.11 bits per heavy atom. The Labute approximate surface area is 107 Å². The quantitative estimate of drug-likeness (QED) is 0.764. The minimum atomic E-state index is -1.06. The molecule has 0 aliphatic heterocycles. The number of aromatic carboxylic acids is 1. The summed E-state index contributed by atoms with van der Waals surface area (Å²) in [5, 5.41) is 8.95. The number of nitrogens with zero attached hydrogens (tertiary/aromatic N) is 3. The summed E-state index contributed by atoms with van der Waals surface area (Å²) in [6.45, 7) is 0. The second-order valence-electron chi connectivity index (χ2n) is 3.93. The van der Waals surface area contributed by atoms with Crippen LogP contribution >= 0.6 is 0 Å². The van der Waals surface area contributed by atoms with Gasteiger partial charge in [-0.25, -0.2) is 19.2 Å². The Morgan fingerprint density at radius 3 is 2.89 bits per heavy atom. The molecule has 0 bridgehead atoms. The lowest BCUT2D eigenvalue weighted by atomic mass is 10.2. The molecule has 3 rings (SSSR count). The van der Waals surface area contributed by atoms with E-state index >= 15 is 0 Å². The second-order valence-corrected chi connectivity index (χ2v) is 3.93. The van der Waals surface area contributed by atoms with Crippen LogP contribution in [0.15, 0.2) is 42.9 Å². The molecule has 19 heavy (non-hydrogen) atoms. The van der Waals surface area contributed by atoms with Gasteiger partial charge in [-0.05, 0) is 24.3 Å². The van der Waals surface area contributed by atoms with Gasteiger partial charge in [0.05, 0.1) is 11.1 Å². The van der Waals surface area contributed by atoms with Gasteiger partial charge in [-0.2, -0.15) is 0 Å². The number of hydrogen-bond acceptors (Lipinski definition) is 3. The number of aromatic nitrogens is 3. The van der Waals surface area contributed by atoms with Gasteiger partial charge in [0.15, 0.2) is 0 Å². The molecular formula is C13H8FN3O2. The number of para-hydroxylation sites is 1. The number of benzene rings is 1. The third kappa shape index (κ3) is 1.83.